The molecule has 2 N–H and O–H groups in total. The average Bonchev–Trinajstić information content (AvgIpc) is 3.28. The standard InChI is InChI=1S/C15H23N3O5S2/c1-23-9-4-7-16-14(19)15(20)17-11-12-5-2-8-18(12)25(21,22)13-6-3-10-24-13/h3,6,10,12H,2,4-5,7-9,11H2,1H3,(H,16,19)(H,17,20)/t12-/m1/s1. The first-order valence-corrected chi connectivity index (χ1v) is 10.4. The Labute approximate surface area is 151 Å². The van der Waals surface area contributed by atoms with Crippen molar-refractivity contribution in [3.8, 4) is 0 Å². The maximum Gasteiger partial charge on any atom is 0.309 e. The first-order valence-electron chi connectivity index (χ1n) is 8.07. The number of methoxy groups -OCH3 is 1. The second-order valence-corrected chi connectivity index (χ2v) is 8.72. The maximum atomic E-state index is 12.6. The van der Waals surface area contributed by atoms with Gasteiger partial charge in [0.1, 0.15) is 4.21 Å². The number of carbonyl (C=O) groups excluding carboxylic acids is 2. The van der Waals surface area contributed by atoms with E-state index in [1.165, 1.54) is 15.6 Å². The summed E-state index contributed by atoms with van der Waals surface area (Å²) in [4.78, 5) is 23.5. The summed E-state index contributed by atoms with van der Waals surface area (Å²) in [5.41, 5.74) is 0. The van der Waals surface area contributed by atoms with Gasteiger partial charge < -0.3 is 15.4 Å². The minimum atomic E-state index is -3.55. The maximum absolute atomic E-state index is 12.6. The van der Waals surface area contributed by atoms with E-state index in [2.05, 4.69) is 10.6 Å². The van der Waals surface area contributed by atoms with E-state index in [9.17, 15) is 18.0 Å². The molecule has 2 rings (SSSR count). The molecule has 1 atom stereocenters. The summed E-state index contributed by atoms with van der Waals surface area (Å²) in [5, 5.41) is 6.74. The lowest BCUT2D eigenvalue weighted by molar-refractivity contribution is -0.139. The predicted octanol–water partition coefficient (Wildman–Crippen LogP) is 0.170. The van der Waals surface area contributed by atoms with Crippen LogP contribution in [0.4, 0.5) is 0 Å². The fourth-order valence-electron chi connectivity index (χ4n) is 2.64. The lowest BCUT2D eigenvalue weighted by Gasteiger charge is -2.23. The van der Waals surface area contributed by atoms with Crippen LogP contribution in [-0.2, 0) is 24.3 Å². The number of hydrogen-bond donors (Lipinski definition) is 2. The van der Waals surface area contributed by atoms with Crippen molar-refractivity contribution in [3.05, 3.63) is 17.5 Å². The van der Waals surface area contributed by atoms with Crippen LogP contribution in [0.25, 0.3) is 0 Å². The molecule has 0 unspecified atom stereocenters. The van der Waals surface area contributed by atoms with Gasteiger partial charge in [0.15, 0.2) is 0 Å². The number of ether oxygens (including phenoxy) is 1. The van der Waals surface area contributed by atoms with Crippen molar-refractivity contribution in [2.24, 2.45) is 0 Å². The van der Waals surface area contributed by atoms with Crippen molar-refractivity contribution < 1.29 is 22.7 Å². The Morgan fingerprint density at radius 1 is 1.36 bits per heavy atom. The molecule has 2 amide bonds. The summed E-state index contributed by atoms with van der Waals surface area (Å²) in [6.07, 6.45) is 2.00. The van der Waals surface area contributed by atoms with Gasteiger partial charge in [-0.3, -0.25) is 9.59 Å². The summed E-state index contributed by atoms with van der Waals surface area (Å²) in [5.74, 6) is -1.47. The molecule has 0 aromatic carbocycles. The van der Waals surface area contributed by atoms with E-state index < -0.39 is 21.8 Å². The van der Waals surface area contributed by atoms with E-state index in [1.54, 1.807) is 24.6 Å². The Balaban J connectivity index is 1.85. The van der Waals surface area contributed by atoms with Crippen LogP contribution in [0.5, 0.6) is 0 Å². The fraction of sp³-hybridized carbons (Fsp3) is 0.600. The second kappa shape index (κ2) is 9.27. The first kappa shape index (κ1) is 19.8. The fourth-order valence-corrected chi connectivity index (χ4v) is 5.46. The van der Waals surface area contributed by atoms with Crippen LogP contribution in [0.3, 0.4) is 0 Å². The molecule has 0 bridgehead atoms. The van der Waals surface area contributed by atoms with E-state index in [0.29, 0.717) is 36.7 Å². The third kappa shape index (κ3) is 5.24. The molecular formula is C15H23N3O5S2. The summed E-state index contributed by atoms with van der Waals surface area (Å²) in [6.45, 7) is 1.39. The Morgan fingerprint density at radius 2 is 2.12 bits per heavy atom. The smallest absolute Gasteiger partial charge is 0.309 e. The number of thiophene rings is 1. The average molecular weight is 389 g/mol. The molecule has 0 aliphatic carbocycles. The zero-order chi connectivity index (χ0) is 18.3. The molecule has 0 spiro atoms. The number of hydrogen-bond acceptors (Lipinski definition) is 6. The molecule has 25 heavy (non-hydrogen) atoms. The number of rotatable bonds is 8. The topological polar surface area (TPSA) is 105 Å². The van der Waals surface area contributed by atoms with Gasteiger partial charge in [0.25, 0.3) is 10.0 Å². The molecular weight excluding hydrogens is 366 g/mol. The molecule has 2 heterocycles. The normalized spacial score (nSPS) is 18.2. The summed E-state index contributed by atoms with van der Waals surface area (Å²) >= 11 is 1.17. The van der Waals surface area contributed by atoms with Crippen LogP contribution in [0, 0.1) is 0 Å². The highest BCUT2D eigenvalue weighted by atomic mass is 32.2. The van der Waals surface area contributed by atoms with Crippen LogP contribution < -0.4 is 10.6 Å². The number of nitrogens with zero attached hydrogens (tertiary/aromatic N) is 1. The lowest BCUT2D eigenvalue weighted by Crippen LogP contribution is -2.47. The van der Waals surface area contributed by atoms with E-state index in [1.807, 2.05) is 0 Å². The van der Waals surface area contributed by atoms with Crippen molar-refractivity contribution in [1.82, 2.24) is 14.9 Å². The number of nitrogens with one attached hydrogen (secondary N) is 2. The number of amides is 2. The van der Waals surface area contributed by atoms with E-state index >= 15 is 0 Å². The Hall–Kier alpha value is -1.49. The molecule has 0 radical (unpaired) electrons. The van der Waals surface area contributed by atoms with Gasteiger partial charge in [-0.05, 0) is 30.7 Å². The van der Waals surface area contributed by atoms with Crippen LogP contribution in [0.15, 0.2) is 21.7 Å². The molecule has 1 aromatic rings. The summed E-state index contributed by atoms with van der Waals surface area (Å²) in [7, 11) is -1.99. The summed E-state index contributed by atoms with van der Waals surface area (Å²) < 4.78 is 31.8. The highest BCUT2D eigenvalue weighted by Crippen LogP contribution is 2.28. The lowest BCUT2D eigenvalue weighted by atomic mass is 10.2. The molecule has 10 heteroatoms. The van der Waals surface area contributed by atoms with Crippen LogP contribution in [-0.4, -0.2) is 63.9 Å². The predicted molar refractivity (Wildman–Crippen MR) is 93.7 cm³/mol. The quantitative estimate of drug-likeness (QED) is 0.487. The van der Waals surface area contributed by atoms with Gasteiger partial charge in [-0.15, -0.1) is 11.3 Å². The molecule has 1 fully saturated rings. The molecule has 140 valence electrons. The van der Waals surface area contributed by atoms with E-state index in [4.69, 9.17) is 4.74 Å². The SMILES string of the molecule is COCCCNC(=O)C(=O)NC[C@H]1CCCN1S(=O)(=O)c1cccs1. The largest absolute Gasteiger partial charge is 0.385 e. The number of sulfonamides is 1. The van der Waals surface area contributed by atoms with Crippen LogP contribution in [0.2, 0.25) is 0 Å². The van der Waals surface area contributed by atoms with Gasteiger partial charge in [-0.1, -0.05) is 6.07 Å². The van der Waals surface area contributed by atoms with Crippen molar-refractivity contribution in [2.45, 2.75) is 29.5 Å². The van der Waals surface area contributed by atoms with Gasteiger partial charge >= 0.3 is 11.8 Å². The summed E-state index contributed by atoms with van der Waals surface area (Å²) in [6, 6.07) is 2.93. The van der Waals surface area contributed by atoms with Crippen molar-refractivity contribution in [1.29, 1.82) is 0 Å². The van der Waals surface area contributed by atoms with Crippen molar-refractivity contribution in [2.75, 3.05) is 33.4 Å². The monoisotopic (exact) mass is 389 g/mol. The zero-order valence-electron chi connectivity index (χ0n) is 14.1. The molecule has 0 saturated carbocycles. The molecule has 8 nitrogen and oxygen atoms in total. The number of carbonyl (C=O) groups is 2. The minimum absolute atomic E-state index is 0.120. The third-order valence-corrected chi connectivity index (χ3v) is 7.22. The van der Waals surface area contributed by atoms with Crippen molar-refractivity contribution in [3.63, 3.8) is 0 Å². The Kier molecular flexibility index (Phi) is 7.36. The minimum Gasteiger partial charge on any atom is -0.385 e. The van der Waals surface area contributed by atoms with Crippen LogP contribution in [0.1, 0.15) is 19.3 Å². The van der Waals surface area contributed by atoms with Gasteiger partial charge in [-0.25, -0.2) is 8.42 Å². The molecule has 1 saturated heterocycles. The Bertz CT molecular complexity index is 675. The van der Waals surface area contributed by atoms with E-state index in [-0.39, 0.29) is 12.6 Å². The van der Waals surface area contributed by atoms with Gasteiger partial charge in [0.2, 0.25) is 0 Å². The molecule has 1 aliphatic rings. The highest BCUT2D eigenvalue weighted by Gasteiger charge is 2.36. The first-order chi connectivity index (χ1) is 12.0. The van der Waals surface area contributed by atoms with Gasteiger partial charge in [-0.2, -0.15) is 4.31 Å². The van der Waals surface area contributed by atoms with Crippen LogP contribution >= 0.6 is 11.3 Å². The highest BCUT2D eigenvalue weighted by molar-refractivity contribution is 7.91. The molecule has 1 aromatic heterocycles. The Morgan fingerprint density at radius 3 is 2.80 bits per heavy atom. The van der Waals surface area contributed by atoms with Crippen molar-refractivity contribution >= 4 is 33.2 Å². The second-order valence-electron chi connectivity index (χ2n) is 5.66. The van der Waals surface area contributed by atoms with Gasteiger partial charge in [0.05, 0.1) is 0 Å². The molecule has 1 aliphatic heterocycles. The zero-order valence-corrected chi connectivity index (χ0v) is 15.7. The third-order valence-electron chi connectivity index (χ3n) is 3.90. The van der Waals surface area contributed by atoms with E-state index in [0.717, 1.165) is 6.42 Å². The van der Waals surface area contributed by atoms with Gasteiger partial charge in [0, 0.05) is 39.4 Å².